The van der Waals surface area contributed by atoms with Crippen LogP contribution in [0, 0.1) is 13.8 Å². The molecule has 2 aromatic heterocycles. The average Bonchev–Trinajstić information content (AvgIpc) is 3.56. The van der Waals surface area contributed by atoms with E-state index in [1.807, 2.05) is 0 Å². The van der Waals surface area contributed by atoms with E-state index in [0.29, 0.717) is 10.0 Å². The third-order valence-electron chi connectivity index (χ3n) is 7.28. The fraction of sp³-hybridized carbons (Fsp3) is 0.0625. The van der Waals surface area contributed by atoms with E-state index in [-0.39, 0.29) is 112 Å². The fourth-order valence-electron chi connectivity index (χ4n) is 4.56. The first kappa shape index (κ1) is 48.6. The van der Waals surface area contributed by atoms with Crippen molar-refractivity contribution >= 4 is 89.2 Å². The van der Waals surface area contributed by atoms with Gasteiger partial charge in [0.05, 0.1) is 54.0 Å². The number of benzene rings is 4. The van der Waals surface area contributed by atoms with Crippen molar-refractivity contribution in [1.29, 1.82) is 0 Å². The molecule has 1 radical (unpaired) electrons. The predicted octanol–water partition coefficient (Wildman–Crippen LogP) is 2.40. The minimum absolute atomic E-state index is 0. The number of halogens is 4. The Morgan fingerprint density at radius 3 is 1.24 bits per heavy atom. The first-order valence-corrected chi connectivity index (χ1v) is 19.7. The number of nitrogens with two attached hydrogens (primary N) is 2. The van der Waals surface area contributed by atoms with Gasteiger partial charge in [-0.3, -0.25) is 0 Å². The van der Waals surface area contributed by atoms with E-state index in [4.69, 9.17) is 56.7 Å². The summed E-state index contributed by atoms with van der Waals surface area (Å²) in [6, 6.07) is 15.1. The quantitative estimate of drug-likeness (QED) is 0.166. The van der Waals surface area contributed by atoms with Crippen LogP contribution in [0.25, 0.3) is 11.4 Å². The van der Waals surface area contributed by atoms with E-state index in [1.165, 1.54) is 38.1 Å². The van der Waals surface area contributed by atoms with Gasteiger partial charge in [0.2, 0.25) is 20.0 Å². The van der Waals surface area contributed by atoms with Gasteiger partial charge < -0.3 is 20.4 Å². The van der Waals surface area contributed by atoms with Gasteiger partial charge in [-0.1, -0.05) is 70.0 Å². The molecule has 0 spiro atoms. The summed E-state index contributed by atoms with van der Waals surface area (Å²) in [5.41, 5.74) is 0.0826. The SMILES string of the molecule is Cc1nn(-c2cc(Cl)ccc2Cl)c([O-])c1N=Nc1cc(S(N)(=O)=O)ccc1[O-].Cc1nn(-c2cc(Cl)ccc2Cl)c([O-])c1N=Nc1cc(S(N)(=O)=O)ccc1[O-].[Cr+3].[Na+]. The Kier molecular flexibility index (Phi) is 16.3. The molecule has 0 amide bonds. The summed E-state index contributed by atoms with van der Waals surface area (Å²) in [7, 11) is -8.06. The Labute approximate surface area is 382 Å². The normalized spacial score (nSPS) is 11.6. The van der Waals surface area contributed by atoms with Crippen LogP contribution < -0.4 is 60.3 Å². The van der Waals surface area contributed by atoms with Crippen LogP contribution in [-0.4, -0.2) is 36.4 Å². The molecule has 6 aromatic rings. The first-order chi connectivity index (χ1) is 26.1. The molecule has 18 nitrogen and oxygen atoms in total. The van der Waals surface area contributed by atoms with E-state index < -0.39 is 43.3 Å². The topological polar surface area (TPSA) is 298 Å². The molecule has 58 heavy (non-hydrogen) atoms. The summed E-state index contributed by atoms with van der Waals surface area (Å²) < 4.78 is 47.7. The maximum Gasteiger partial charge on any atom is 3.00 e. The van der Waals surface area contributed by atoms with E-state index in [2.05, 4.69) is 30.7 Å². The molecule has 0 atom stereocenters. The van der Waals surface area contributed by atoms with Gasteiger partial charge in [0, 0.05) is 21.8 Å². The first-order valence-electron chi connectivity index (χ1n) is 15.1. The Hall–Kier alpha value is -3.79. The van der Waals surface area contributed by atoms with Crippen molar-refractivity contribution in [3.63, 3.8) is 0 Å². The Balaban J connectivity index is 0.000000300. The molecular weight excluding hydrogens is 933 g/mol. The molecule has 0 aliphatic heterocycles. The number of rotatable bonds is 8. The number of sulfonamides is 2. The summed E-state index contributed by atoms with van der Waals surface area (Å²) in [6.07, 6.45) is 0. The molecule has 0 saturated carbocycles. The van der Waals surface area contributed by atoms with Crippen molar-refractivity contribution in [1.82, 2.24) is 19.6 Å². The molecule has 0 saturated heterocycles. The minimum atomic E-state index is -4.03. The number of nitrogens with zero attached hydrogens (tertiary/aromatic N) is 8. The van der Waals surface area contributed by atoms with E-state index in [1.54, 1.807) is 12.1 Å². The predicted molar refractivity (Wildman–Crippen MR) is 198 cm³/mol. The molecule has 295 valence electrons. The standard InChI is InChI=1S/2C16H13Cl2N5O4S.Cr.Na/c2*1-8-15(16(25)23(22-8)13-6-9(17)2-4-11(13)18)21-20-12-7-10(28(19,26)27)3-5-14(12)24;;/h2*2-7,24-25H,1H3,(H2,19,26,27);;/q;;+3;+1/p-4. The second-order valence-corrected chi connectivity index (χ2v) is 16.1. The van der Waals surface area contributed by atoms with Gasteiger partial charge in [0.25, 0.3) is 0 Å². The van der Waals surface area contributed by atoms with Crippen molar-refractivity contribution in [2.45, 2.75) is 23.6 Å². The molecule has 2 heterocycles. The number of primary sulfonamides is 2. The molecule has 0 aliphatic carbocycles. The molecule has 0 aliphatic rings. The van der Waals surface area contributed by atoms with Crippen LogP contribution in [0.3, 0.4) is 0 Å². The number of aryl methyl sites for hydroxylation is 2. The van der Waals surface area contributed by atoms with E-state index in [9.17, 15) is 37.3 Å². The fourth-order valence-corrected chi connectivity index (χ4v) is 6.36. The van der Waals surface area contributed by atoms with Crippen LogP contribution in [0.5, 0.6) is 23.3 Å². The second-order valence-electron chi connectivity index (χ2n) is 11.2. The number of azo groups is 2. The molecule has 0 fully saturated rings. The van der Waals surface area contributed by atoms with Crippen LogP contribution in [-0.2, 0) is 37.4 Å². The maximum atomic E-state index is 12.6. The van der Waals surface area contributed by atoms with Crippen LogP contribution in [0.2, 0.25) is 20.1 Å². The number of aromatic nitrogens is 4. The van der Waals surface area contributed by atoms with Gasteiger partial charge in [0.15, 0.2) is 0 Å². The Morgan fingerprint density at radius 1 is 0.569 bits per heavy atom. The van der Waals surface area contributed by atoms with Crippen LogP contribution in [0.1, 0.15) is 11.4 Å². The van der Waals surface area contributed by atoms with Gasteiger partial charge in [-0.05, 0) is 74.5 Å². The zero-order valence-corrected chi connectivity index (χ0v) is 37.6. The average molecular weight is 956 g/mol. The molecular formula is C32H22Cl4CrN10NaO8S2. The van der Waals surface area contributed by atoms with Crippen LogP contribution >= 0.6 is 46.4 Å². The smallest absolute Gasteiger partial charge is 0.871 e. The summed E-state index contributed by atoms with van der Waals surface area (Å²) in [4.78, 5) is -0.608. The molecule has 6 rings (SSSR count). The van der Waals surface area contributed by atoms with Crippen molar-refractivity contribution < 1.29 is 84.2 Å². The van der Waals surface area contributed by atoms with Crippen LogP contribution in [0.4, 0.5) is 22.7 Å². The maximum absolute atomic E-state index is 12.6. The van der Waals surface area contributed by atoms with Gasteiger partial charge in [-0.2, -0.15) is 20.4 Å². The van der Waals surface area contributed by atoms with Crippen molar-refractivity contribution in [2.24, 2.45) is 30.7 Å². The third kappa shape index (κ3) is 11.3. The van der Waals surface area contributed by atoms with Gasteiger partial charge in [-0.25, -0.2) is 36.5 Å². The van der Waals surface area contributed by atoms with E-state index in [0.717, 1.165) is 45.8 Å². The molecule has 4 aromatic carbocycles. The van der Waals surface area contributed by atoms with E-state index >= 15 is 0 Å². The largest absolute Gasteiger partial charge is 3.00 e. The second kappa shape index (κ2) is 19.5. The monoisotopic (exact) mass is 953 g/mol. The van der Waals surface area contributed by atoms with Gasteiger partial charge in [-0.15, -0.1) is 10.2 Å². The summed E-state index contributed by atoms with van der Waals surface area (Å²) in [5.74, 6) is -2.46. The summed E-state index contributed by atoms with van der Waals surface area (Å²) in [6.45, 7) is 3.03. The Morgan fingerprint density at radius 2 is 0.914 bits per heavy atom. The zero-order chi connectivity index (χ0) is 41.3. The minimum Gasteiger partial charge on any atom is -0.871 e. The number of hydrogen-bond acceptors (Lipinski definition) is 14. The molecule has 26 heteroatoms. The molecule has 4 N–H and O–H groups in total. The van der Waals surface area contributed by atoms with Gasteiger partial charge >= 0.3 is 46.9 Å². The summed E-state index contributed by atoms with van der Waals surface area (Å²) in [5, 5.41) is 83.4. The Bertz CT molecular complexity index is 2620. The molecule has 0 bridgehead atoms. The van der Waals surface area contributed by atoms with Crippen molar-refractivity contribution in [3.05, 3.63) is 104 Å². The van der Waals surface area contributed by atoms with Gasteiger partial charge in [0.1, 0.15) is 11.4 Å². The zero-order valence-electron chi connectivity index (χ0n) is 29.7. The van der Waals surface area contributed by atoms with Crippen molar-refractivity contribution in [2.75, 3.05) is 0 Å². The summed E-state index contributed by atoms with van der Waals surface area (Å²) >= 11 is 24.1. The molecule has 0 unspecified atom stereocenters. The van der Waals surface area contributed by atoms with Crippen LogP contribution in [0.15, 0.2) is 103 Å². The van der Waals surface area contributed by atoms with Crippen molar-refractivity contribution in [3.8, 4) is 34.6 Å². The third-order valence-corrected chi connectivity index (χ3v) is 10.2. The number of hydrogen-bond donors (Lipinski definition) is 2.